The van der Waals surface area contributed by atoms with Gasteiger partial charge in [-0.1, -0.05) is 0 Å². The maximum atomic E-state index is 10.5. The number of hydrogen-bond donors (Lipinski definition) is 5. The molecule has 6 heteroatoms. The summed E-state index contributed by atoms with van der Waals surface area (Å²) in [6.45, 7) is 1.52. The highest BCUT2D eigenvalue weighted by atomic mass is 16.4. The first-order valence-corrected chi connectivity index (χ1v) is 4.56. The molecule has 0 aliphatic carbocycles. The van der Waals surface area contributed by atoms with E-state index in [1.807, 2.05) is 0 Å². The fourth-order valence-electron chi connectivity index (χ4n) is 1.33. The summed E-state index contributed by atoms with van der Waals surface area (Å²) in [5.74, 6) is -2.83. The van der Waals surface area contributed by atoms with Gasteiger partial charge < -0.3 is 26.2 Å². The van der Waals surface area contributed by atoms with Crippen LogP contribution < -0.4 is 5.73 Å². The maximum Gasteiger partial charge on any atom is 0.320 e. The second-order valence-corrected chi connectivity index (χ2v) is 3.55. The van der Waals surface area contributed by atoms with Crippen molar-refractivity contribution in [3.8, 4) is 17.2 Å². The lowest BCUT2D eigenvalue weighted by molar-refractivity contribution is -0.138. The number of benzene rings is 1. The van der Waals surface area contributed by atoms with Crippen LogP contribution in [0.4, 0.5) is 0 Å². The van der Waals surface area contributed by atoms with Gasteiger partial charge in [-0.2, -0.15) is 0 Å². The Morgan fingerprint density at radius 2 is 1.88 bits per heavy atom. The van der Waals surface area contributed by atoms with Crippen LogP contribution in [0.2, 0.25) is 0 Å². The Balaban J connectivity index is 3.11. The number of phenolic OH excluding ortho intramolecular Hbond substituents is 3. The maximum absolute atomic E-state index is 10.5. The fraction of sp³-hybridized carbons (Fsp3) is 0.300. The van der Waals surface area contributed by atoms with Crippen molar-refractivity contribution in [3.63, 3.8) is 0 Å². The van der Waals surface area contributed by atoms with Gasteiger partial charge in [-0.15, -0.1) is 0 Å². The van der Waals surface area contributed by atoms with E-state index in [1.165, 1.54) is 13.0 Å². The average Bonchev–Trinajstić information content (AvgIpc) is 2.22. The number of carboxylic acids is 1. The molecule has 0 spiro atoms. The second-order valence-electron chi connectivity index (χ2n) is 3.55. The van der Waals surface area contributed by atoms with Crippen molar-refractivity contribution < 1.29 is 25.2 Å². The topological polar surface area (TPSA) is 124 Å². The van der Waals surface area contributed by atoms with Gasteiger partial charge in [0.1, 0.15) is 6.04 Å². The average molecular weight is 227 g/mol. The summed E-state index contributed by atoms with van der Waals surface area (Å²) in [6, 6.07) is 0.210. The van der Waals surface area contributed by atoms with Gasteiger partial charge in [0.15, 0.2) is 11.5 Å². The quantitative estimate of drug-likeness (QED) is 0.465. The number of rotatable bonds is 3. The van der Waals surface area contributed by atoms with E-state index in [4.69, 9.17) is 10.8 Å². The zero-order valence-electron chi connectivity index (χ0n) is 8.64. The summed E-state index contributed by atoms with van der Waals surface area (Å²) in [6.07, 6.45) is -0.129. The molecule has 6 N–H and O–H groups in total. The molecular weight excluding hydrogens is 214 g/mol. The van der Waals surface area contributed by atoms with E-state index in [1.54, 1.807) is 0 Å². The Morgan fingerprint density at radius 1 is 1.31 bits per heavy atom. The third-order valence-electron chi connectivity index (χ3n) is 2.27. The lowest BCUT2D eigenvalue weighted by Gasteiger charge is -2.12. The van der Waals surface area contributed by atoms with E-state index in [9.17, 15) is 20.1 Å². The monoisotopic (exact) mass is 227 g/mol. The molecule has 0 fully saturated rings. The molecule has 0 saturated carbocycles. The minimum absolute atomic E-state index is 0.129. The van der Waals surface area contributed by atoms with Gasteiger partial charge in [0, 0.05) is 12.0 Å². The van der Waals surface area contributed by atoms with E-state index < -0.39 is 29.3 Å². The van der Waals surface area contributed by atoms with Crippen LogP contribution in [-0.4, -0.2) is 32.4 Å². The first-order chi connectivity index (χ1) is 7.34. The number of phenols is 3. The predicted octanol–water partition coefficient (Wildman–Crippen LogP) is 0.0662. The third-order valence-corrected chi connectivity index (χ3v) is 2.27. The molecule has 0 amide bonds. The summed E-state index contributed by atoms with van der Waals surface area (Å²) < 4.78 is 0. The van der Waals surface area contributed by atoms with Gasteiger partial charge >= 0.3 is 5.97 Å². The Bertz CT molecular complexity index is 430. The lowest BCUT2D eigenvalue weighted by atomic mass is 10.0. The van der Waals surface area contributed by atoms with Crippen molar-refractivity contribution in [1.29, 1.82) is 0 Å². The number of aryl methyl sites for hydroxylation is 1. The molecule has 0 unspecified atom stereocenters. The molecule has 16 heavy (non-hydrogen) atoms. The van der Waals surface area contributed by atoms with Gasteiger partial charge in [-0.05, 0) is 18.6 Å². The van der Waals surface area contributed by atoms with Crippen LogP contribution in [0.15, 0.2) is 6.07 Å². The van der Waals surface area contributed by atoms with Crippen LogP contribution in [0.1, 0.15) is 11.1 Å². The Morgan fingerprint density at radius 3 is 2.38 bits per heavy atom. The normalized spacial score (nSPS) is 12.4. The van der Waals surface area contributed by atoms with Crippen LogP contribution in [-0.2, 0) is 11.2 Å². The number of carbonyl (C=O) groups is 1. The Kier molecular flexibility index (Phi) is 3.24. The largest absolute Gasteiger partial charge is 0.504 e. The standard InChI is InChI=1S/C10H13NO5/c1-4-2-5(3-6(11)10(15)16)8(13)9(14)7(4)12/h2,6,12-14H,3,11H2,1H3,(H,15,16)/t6-/m0/s1. The van der Waals surface area contributed by atoms with Crippen LogP contribution in [0.25, 0.3) is 0 Å². The Hall–Kier alpha value is -1.95. The van der Waals surface area contributed by atoms with Gasteiger partial charge in [0.25, 0.3) is 0 Å². The number of carboxylic acid groups (broad SMARTS) is 1. The van der Waals surface area contributed by atoms with Crippen molar-refractivity contribution >= 4 is 5.97 Å². The predicted molar refractivity (Wildman–Crippen MR) is 55.5 cm³/mol. The molecule has 88 valence electrons. The number of hydrogen-bond acceptors (Lipinski definition) is 5. The smallest absolute Gasteiger partial charge is 0.320 e. The molecule has 0 radical (unpaired) electrons. The highest BCUT2D eigenvalue weighted by Crippen LogP contribution is 2.40. The van der Waals surface area contributed by atoms with Crippen molar-refractivity contribution in [2.45, 2.75) is 19.4 Å². The molecule has 0 saturated heterocycles. The van der Waals surface area contributed by atoms with Crippen molar-refractivity contribution in [2.75, 3.05) is 0 Å². The van der Waals surface area contributed by atoms with E-state index in [0.29, 0.717) is 5.56 Å². The molecule has 1 atom stereocenters. The molecule has 0 aliphatic rings. The summed E-state index contributed by atoms with van der Waals surface area (Å²) in [4.78, 5) is 10.5. The zero-order chi connectivity index (χ0) is 12.5. The first-order valence-electron chi connectivity index (χ1n) is 4.56. The lowest BCUT2D eigenvalue weighted by Crippen LogP contribution is -2.32. The molecule has 1 aromatic rings. The molecule has 0 aromatic heterocycles. The first kappa shape index (κ1) is 12.1. The number of nitrogens with two attached hydrogens (primary N) is 1. The SMILES string of the molecule is Cc1cc(C[C@H](N)C(=O)O)c(O)c(O)c1O. The second kappa shape index (κ2) is 4.28. The van der Waals surface area contributed by atoms with Crippen molar-refractivity contribution in [2.24, 2.45) is 5.73 Å². The van der Waals surface area contributed by atoms with Crippen molar-refractivity contribution in [3.05, 3.63) is 17.2 Å². The van der Waals surface area contributed by atoms with E-state index >= 15 is 0 Å². The molecule has 6 nitrogen and oxygen atoms in total. The highest BCUT2D eigenvalue weighted by Gasteiger charge is 2.19. The van der Waals surface area contributed by atoms with Crippen LogP contribution in [0, 0.1) is 6.92 Å². The minimum Gasteiger partial charge on any atom is -0.504 e. The zero-order valence-corrected chi connectivity index (χ0v) is 8.64. The summed E-state index contributed by atoms with van der Waals surface area (Å²) in [7, 11) is 0. The summed E-state index contributed by atoms with van der Waals surface area (Å²) in [5, 5.41) is 36.7. The Labute approximate surface area is 91.6 Å². The van der Waals surface area contributed by atoms with E-state index in [-0.39, 0.29) is 12.0 Å². The minimum atomic E-state index is -1.20. The van der Waals surface area contributed by atoms with Gasteiger partial charge in [0.2, 0.25) is 5.75 Å². The molecule has 0 heterocycles. The van der Waals surface area contributed by atoms with E-state index in [0.717, 1.165) is 0 Å². The fourth-order valence-corrected chi connectivity index (χ4v) is 1.33. The summed E-state index contributed by atoms with van der Waals surface area (Å²) in [5.41, 5.74) is 5.82. The van der Waals surface area contributed by atoms with Crippen LogP contribution >= 0.6 is 0 Å². The van der Waals surface area contributed by atoms with E-state index in [2.05, 4.69) is 0 Å². The molecule has 1 rings (SSSR count). The van der Waals surface area contributed by atoms with Gasteiger partial charge in [-0.3, -0.25) is 4.79 Å². The van der Waals surface area contributed by atoms with Crippen LogP contribution in [0.5, 0.6) is 17.2 Å². The number of aliphatic carboxylic acids is 1. The molecule has 0 aliphatic heterocycles. The molecular formula is C10H13NO5. The van der Waals surface area contributed by atoms with Gasteiger partial charge in [-0.25, -0.2) is 0 Å². The summed E-state index contributed by atoms with van der Waals surface area (Å²) >= 11 is 0. The molecule has 1 aromatic carbocycles. The number of aromatic hydroxyl groups is 3. The third kappa shape index (κ3) is 2.17. The highest BCUT2D eigenvalue weighted by molar-refractivity contribution is 5.74. The molecule has 0 bridgehead atoms. The van der Waals surface area contributed by atoms with Crippen molar-refractivity contribution in [1.82, 2.24) is 0 Å². The van der Waals surface area contributed by atoms with Gasteiger partial charge in [0.05, 0.1) is 0 Å². The van der Waals surface area contributed by atoms with Crippen LogP contribution in [0.3, 0.4) is 0 Å².